The lowest BCUT2D eigenvalue weighted by molar-refractivity contribution is -0.141. The topological polar surface area (TPSA) is 49.4 Å². The van der Waals surface area contributed by atoms with Crippen molar-refractivity contribution in [2.24, 2.45) is 0 Å². The lowest BCUT2D eigenvalue weighted by Crippen LogP contribution is -2.52. The van der Waals surface area contributed by atoms with E-state index < -0.39 is 6.04 Å². The van der Waals surface area contributed by atoms with Crippen LogP contribution in [0.25, 0.3) is 0 Å². The Kier molecular flexibility index (Phi) is 9.27. The maximum absolute atomic E-state index is 13.4. The van der Waals surface area contributed by atoms with Gasteiger partial charge in [0.15, 0.2) is 0 Å². The Balaban J connectivity index is 1.84. The molecule has 2 aromatic carbocycles. The van der Waals surface area contributed by atoms with Crippen molar-refractivity contribution in [3.05, 3.63) is 68.7 Å². The van der Waals surface area contributed by atoms with E-state index in [0.29, 0.717) is 21.5 Å². The molecule has 0 unspecified atom stereocenters. The summed E-state index contributed by atoms with van der Waals surface area (Å²) in [4.78, 5) is 28.3. The smallest absolute Gasteiger partial charge is 0.243 e. The van der Waals surface area contributed by atoms with Gasteiger partial charge in [-0.1, -0.05) is 85.3 Å². The van der Waals surface area contributed by atoms with Gasteiger partial charge in [0.1, 0.15) is 6.04 Å². The van der Waals surface area contributed by atoms with Crippen molar-refractivity contribution in [2.45, 2.75) is 70.5 Å². The molecule has 0 saturated heterocycles. The molecule has 0 spiro atoms. The molecule has 0 aliphatic heterocycles. The maximum atomic E-state index is 13.4. The average Bonchev–Trinajstić information content (AvgIpc) is 2.78. The van der Waals surface area contributed by atoms with Crippen molar-refractivity contribution < 1.29 is 9.59 Å². The Morgan fingerprint density at radius 2 is 1.72 bits per heavy atom. The molecule has 1 fully saturated rings. The van der Waals surface area contributed by atoms with Gasteiger partial charge in [0.25, 0.3) is 0 Å². The van der Waals surface area contributed by atoms with Gasteiger partial charge in [-0.3, -0.25) is 9.59 Å². The molecule has 0 heterocycles. The third kappa shape index (κ3) is 6.63. The molecule has 4 nitrogen and oxygen atoms in total. The van der Waals surface area contributed by atoms with Crippen LogP contribution in [0.5, 0.6) is 0 Å². The molecule has 1 aliphatic rings. The van der Waals surface area contributed by atoms with E-state index in [1.165, 1.54) is 6.42 Å². The van der Waals surface area contributed by atoms with Crippen molar-refractivity contribution >= 4 is 46.6 Å². The molecule has 1 saturated carbocycles. The molecular formula is C25H29Cl3N2O2. The molecule has 32 heavy (non-hydrogen) atoms. The average molecular weight is 496 g/mol. The number of nitrogens with zero attached hydrogens (tertiary/aromatic N) is 1. The van der Waals surface area contributed by atoms with Crippen molar-refractivity contribution in [3.8, 4) is 0 Å². The fourth-order valence-electron chi connectivity index (χ4n) is 4.20. The SMILES string of the molecule is CC[C@@H](C(=O)NC1CCCCC1)N(Cc1ccc(Cl)c(Cl)c1)C(=O)Cc1ccccc1Cl. The fourth-order valence-corrected chi connectivity index (χ4v) is 4.73. The quantitative estimate of drug-likeness (QED) is 0.458. The summed E-state index contributed by atoms with van der Waals surface area (Å²) >= 11 is 18.6. The van der Waals surface area contributed by atoms with Crippen molar-refractivity contribution in [3.63, 3.8) is 0 Å². The molecule has 172 valence electrons. The summed E-state index contributed by atoms with van der Waals surface area (Å²) in [6.45, 7) is 2.19. The van der Waals surface area contributed by atoms with Gasteiger partial charge in [0.05, 0.1) is 16.5 Å². The molecular weight excluding hydrogens is 467 g/mol. The van der Waals surface area contributed by atoms with Crippen LogP contribution in [0.1, 0.15) is 56.6 Å². The van der Waals surface area contributed by atoms with Gasteiger partial charge in [-0.25, -0.2) is 0 Å². The maximum Gasteiger partial charge on any atom is 0.243 e. The zero-order chi connectivity index (χ0) is 23.1. The van der Waals surface area contributed by atoms with Crippen LogP contribution in [-0.4, -0.2) is 28.8 Å². The van der Waals surface area contributed by atoms with E-state index in [1.807, 2.05) is 31.2 Å². The minimum Gasteiger partial charge on any atom is -0.352 e. The highest BCUT2D eigenvalue weighted by molar-refractivity contribution is 6.42. The Morgan fingerprint density at radius 3 is 2.38 bits per heavy atom. The number of hydrogen-bond donors (Lipinski definition) is 1. The van der Waals surface area contributed by atoms with Crippen LogP contribution in [0.2, 0.25) is 15.1 Å². The molecule has 2 amide bonds. The molecule has 7 heteroatoms. The summed E-state index contributed by atoms with van der Waals surface area (Å²) in [6, 6.07) is 12.2. The second kappa shape index (κ2) is 11.9. The van der Waals surface area contributed by atoms with Crippen LogP contribution in [0.3, 0.4) is 0 Å². The molecule has 1 aliphatic carbocycles. The Morgan fingerprint density at radius 1 is 1.00 bits per heavy atom. The summed E-state index contributed by atoms with van der Waals surface area (Å²) in [5, 5.41) is 4.59. The monoisotopic (exact) mass is 494 g/mol. The highest BCUT2D eigenvalue weighted by Gasteiger charge is 2.30. The zero-order valence-corrected chi connectivity index (χ0v) is 20.5. The number of halogens is 3. The number of nitrogens with one attached hydrogen (secondary N) is 1. The van der Waals surface area contributed by atoms with Crippen molar-refractivity contribution in [2.75, 3.05) is 0 Å². The molecule has 1 N–H and O–H groups in total. The first kappa shape index (κ1) is 24.9. The van der Waals surface area contributed by atoms with E-state index in [0.717, 1.165) is 36.8 Å². The van der Waals surface area contributed by atoms with Crippen LogP contribution in [0.15, 0.2) is 42.5 Å². The Hall–Kier alpha value is -1.75. The van der Waals surface area contributed by atoms with Gasteiger partial charge < -0.3 is 10.2 Å². The minimum atomic E-state index is -0.582. The zero-order valence-electron chi connectivity index (χ0n) is 18.3. The lowest BCUT2D eigenvalue weighted by atomic mass is 9.95. The van der Waals surface area contributed by atoms with Gasteiger partial charge in [-0.05, 0) is 48.6 Å². The third-order valence-electron chi connectivity index (χ3n) is 5.97. The van der Waals surface area contributed by atoms with Gasteiger partial charge in [0.2, 0.25) is 11.8 Å². The number of carbonyl (C=O) groups excluding carboxylic acids is 2. The molecule has 1 atom stereocenters. The van der Waals surface area contributed by atoms with Gasteiger partial charge in [-0.15, -0.1) is 0 Å². The second-order valence-corrected chi connectivity index (χ2v) is 9.53. The van der Waals surface area contributed by atoms with Crippen LogP contribution < -0.4 is 5.32 Å². The van der Waals surface area contributed by atoms with E-state index in [-0.39, 0.29) is 30.8 Å². The number of rotatable bonds is 8. The van der Waals surface area contributed by atoms with E-state index >= 15 is 0 Å². The third-order valence-corrected chi connectivity index (χ3v) is 7.08. The first-order valence-electron chi connectivity index (χ1n) is 11.2. The van der Waals surface area contributed by atoms with Gasteiger partial charge in [0, 0.05) is 17.6 Å². The lowest BCUT2D eigenvalue weighted by Gasteiger charge is -2.33. The number of benzene rings is 2. The summed E-state index contributed by atoms with van der Waals surface area (Å²) in [6.07, 6.45) is 6.07. The standard InChI is InChI=1S/C25H29Cl3N2O2/c1-2-23(25(32)29-19-9-4-3-5-10-19)30(16-17-12-13-21(27)22(28)14-17)24(31)15-18-8-6-7-11-20(18)26/h6-8,11-14,19,23H,2-5,9-10,15-16H2,1H3,(H,29,32)/t23-/m0/s1. The van der Waals surface area contributed by atoms with E-state index in [2.05, 4.69) is 5.32 Å². The number of hydrogen-bond acceptors (Lipinski definition) is 2. The van der Waals surface area contributed by atoms with Crippen LogP contribution in [0, 0.1) is 0 Å². The van der Waals surface area contributed by atoms with Gasteiger partial charge >= 0.3 is 0 Å². The minimum absolute atomic E-state index is 0.105. The fraction of sp³-hybridized carbons (Fsp3) is 0.440. The summed E-state index contributed by atoms with van der Waals surface area (Å²) in [5.74, 6) is -0.262. The summed E-state index contributed by atoms with van der Waals surface area (Å²) < 4.78 is 0. The molecule has 0 bridgehead atoms. The van der Waals surface area contributed by atoms with Crippen molar-refractivity contribution in [1.29, 1.82) is 0 Å². The predicted molar refractivity (Wildman–Crippen MR) is 131 cm³/mol. The number of amides is 2. The van der Waals surface area contributed by atoms with Gasteiger partial charge in [-0.2, -0.15) is 0 Å². The highest BCUT2D eigenvalue weighted by Crippen LogP contribution is 2.25. The van der Waals surface area contributed by atoms with Crippen molar-refractivity contribution in [1.82, 2.24) is 10.2 Å². The van der Waals surface area contributed by atoms with Crippen LogP contribution in [0.4, 0.5) is 0 Å². The summed E-state index contributed by atoms with van der Waals surface area (Å²) in [7, 11) is 0. The molecule has 0 aromatic heterocycles. The Labute approximate surface area is 205 Å². The normalized spacial score (nSPS) is 15.2. The van der Waals surface area contributed by atoms with E-state index in [4.69, 9.17) is 34.8 Å². The van der Waals surface area contributed by atoms with Crippen LogP contribution >= 0.6 is 34.8 Å². The highest BCUT2D eigenvalue weighted by atomic mass is 35.5. The van der Waals surface area contributed by atoms with E-state index in [9.17, 15) is 9.59 Å². The second-order valence-electron chi connectivity index (χ2n) is 8.31. The molecule has 2 aromatic rings. The molecule has 3 rings (SSSR count). The summed E-state index contributed by atoms with van der Waals surface area (Å²) in [5.41, 5.74) is 1.55. The number of carbonyl (C=O) groups is 2. The van der Waals surface area contributed by atoms with E-state index in [1.54, 1.807) is 23.1 Å². The first-order chi connectivity index (χ1) is 15.4. The molecule has 0 radical (unpaired) electrons. The first-order valence-corrected chi connectivity index (χ1v) is 12.3. The predicted octanol–water partition coefficient (Wildman–Crippen LogP) is 6.45. The largest absolute Gasteiger partial charge is 0.352 e. The van der Waals surface area contributed by atoms with Crippen LogP contribution in [-0.2, 0) is 22.6 Å². The Bertz CT molecular complexity index is 945.